The summed E-state index contributed by atoms with van der Waals surface area (Å²) >= 11 is 5.78. The highest BCUT2D eigenvalue weighted by Crippen LogP contribution is 2.45. The van der Waals surface area contributed by atoms with Crippen LogP contribution in [0.1, 0.15) is 33.6 Å². The van der Waals surface area contributed by atoms with Crippen LogP contribution in [0.2, 0.25) is 5.15 Å². The molecular weight excluding hydrogens is 304 g/mol. The van der Waals surface area contributed by atoms with Gasteiger partial charge in [0.25, 0.3) is 0 Å². The Morgan fingerprint density at radius 1 is 1.27 bits per heavy atom. The minimum Gasteiger partial charge on any atom is -0.444 e. The van der Waals surface area contributed by atoms with Crippen LogP contribution in [0.25, 0.3) is 0 Å². The molecule has 22 heavy (non-hydrogen) atoms. The maximum absolute atomic E-state index is 12.4. The molecule has 0 unspecified atom stereocenters. The van der Waals surface area contributed by atoms with Gasteiger partial charge >= 0.3 is 6.09 Å². The third kappa shape index (κ3) is 3.11. The molecule has 6 nitrogen and oxygen atoms in total. The average Bonchev–Trinajstić information content (AvgIpc) is 3.17. The molecule has 1 saturated heterocycles. The van der Waals surface area contributed by atoms with Crippen molar-refractivity contribution in [1.29, 1.82) is 0 Å². The molecule has 7 heteroatoms. The number of halogens is 1. The summed E-state index contributed by atoms with van der Waals surface area (Å²) in [4.78, 5) is 16.4. The van der Waals surface area contributed by atoms with E-state index >= 15 is 0 Å². The molecule has 0 aromatic carbocycles. The Hall–Kier alpha value is -1.56. The molecule has 0 N–H and O–H groups in total. The fourth-order valence-electron chi connectivity index (χ4n) is 2.83. The van der Waals surface area contributed by atoms with Crippen molar-refractivity contribution >= 4 is 23.5 Å². The van der Waals surface area contributed by atoms with Crippen LogP contribution in [0.3, 0.4) is 0 Å². The number of ether oxygens (including phenoxy) is 1. The van der Waals surface area contributed by atoms with Gasteiger partial charge in [-0.15, -0.1) is 10.2 Å². The Balaban J connectivity index is 1.70. The van der Waals surface area contributed by atoms with Crippen molar-refractivity contribution in [2.75, 3.05) is 24.5 Å². The molecule has 1 spiro atoms. The summed E-state index contributed by atoms with van der Waals surface area (Å²) in [6, 6.07) is 3.61. The molecule has 1 saturated carbocycles. The van der Waals surface area contributed by atoms with Gasteiger partial charge in [0.1, 0.15) is 5.60 Å². The van der Waals surface area contributed by atoms with E-state index in [2.05, 4.69) is 15.1 Å². The van der Waals surface area contributed by atoms with Crippen molar-refractivity contribution in [2.45, 2.75) is 44.8 Å². The summed E-state index contributed by atoms with van der Waals surface area (Å²) in [6.45, 7) is 7.80. The van der Waals surface area contributed by atoms with E-state index < -0.39 is 5.60 Å². The predicted octanol–water partition coefficient (Wildman–Crippen LogP) is 2.72. The van der Waals surface area contributed by atoms with Crippen LogP contribution in [0, 0.1) is 0 Å². The van der Waals surface area contributed by atoms with Crippen LogP contribution in [-0.2, 0) is 4.74 Å². The van der Waals surface area contributed by atoms with Crippen LogP contribution in [0.4, 0.5) is 10.6 Å². The van der Waals surface area contributed by atoms with Crippen molar-refractivity contribution in [3.05, 3.63) is 17.3 Å². The highest BCUT2D eigenvalue weighted by atomic mass is 35.5. The lowest BCUT2D eigenvalue weighted by atomic mass is 10.1. The molecule has 1 aromatic rings. The third-order valence-electron chi connectivity index (χ3n) is 4.03. The minimum absolute atomic E-state index is 0.109. The molecule has 1 amide bonds. The van der Waals surface area contributed by atoms with Crippen LogP contribution >= 0.6 is 11.6 Å². The van der Waals surface area contributed by atoms with E-state index in [1.165, 1.54) is 0 Å². The molecule has 2 heterocycles. The average molecular weight is 325 g/mol. The number of anilines is 1. The zero-order chi connectivity index (χ0) is 16.0. The van der Waals surface area contributed by atoms with Gasteiger partial charge in [-0.05, 0) is 45.7 Å². The molecule has 1 aliphatic heterocycles. The van der Waals surface area contributed by atoms with Crippen molar-refractivity contribution in [2.24, 2.45) is 0 Å². The van der Waals surface area contributed by atoms with Gasteiger partial charge in [0.05, 0.1) is 5.54 Å². The summed E-state index contributed by atoms with van der Waals surface area (Å²) < 4.78 is 5.53. The standard InChI is InChI=1S/C15H21ClN4O2/c1-14(2,3)22-13(21)20-9-8-19(10-15(20)6-7-15)12-5-4-11(16)17-18-12/h4-5H,6-10H2,1-3H3. The molecule has 0 bridgehead atoms. The summed E-state index contributed by atoms with van der Waals surface area (Å²) in [5.41, 5.74) is -0.576. The van der Waals surface area contributed by atoms with E-state index in [0.29, 0.717) is 11.7 Å². The van der Waals surface area contributed by atoms with Crippen LogP contribution < -0.4 is 4.90 Å². The van der Waals surface area contributed by atoms with E-state index in [-0.39, 0.29) is 11.6 Å². The van der Waals surface area contributed by atoms with Gasteiger partial charge in [-0.3, -0.25) is 4.90 Å². The third-order valence-corrected chi connectivity index (χ3v) is 4.24. The first-order valence-electron chi connectivity index (χ1n) is 7.54. The Morgan fingerprint density at radius 3 is 2.55 bits per heavy atom. The monoisotopic (exact) mass is 324 g/mol. The largest absolute Gasteiger partial charge is 0.444 e. The molecule has 2 aliphatic rings. The van der Waals surface area contributed by atoms with Crippen molar-refractivity contribution in [3.63, 3.8) is 0 Å². The second-order valence-corrected chi connectivity index (χ2v) is 7.38. The van der Waals surface area contributed by atoms with E-state index in [1.807, 2.05) is 31.7 Å². The highest BCUT2D eigenvalue weighted by Gasteiger charge is 2.54. The van der Waals surface area contributed by atoms with Gasteiger partial charge in [0, 0.05) is 19.6 Å². The fraction of sp³-hybridized carbons (Fsp3) is 0.667. The van der Waals surface area contributed by atoms with Crippen LogP contribution in [0.5, 0.6) is 0 Å². The Kier molecular flexibility index (Phi) is 3.67. The smallest absolute Gasteiger partial charge is 0.410 e. The van der Waals surface area contributed by atoms with Gasteiger partial charge in [0.15, 0.2) is 11.0 Å². The molecule has 2 fully saturated rings. The normalized spacial score (nSPS) is 20.2. The molecule has 0 radical (unpaired) electrons. The van der Waals surface area contributed by atoms with Gasteiger partial charge in [-0.2, -0.15) is 0 Å². The highest BCUT2D eigenvalue weighted by molar-refractivity contribution is 6.29. The predicted molar refractivity (Wildman–Crippen MR) is 84.2 cm³/mol. The summed E-state index contributed by atoms with van der Waals surface area (Å²) in [6.07, 6.45) is 1.79. The zero-order valence-electron chi connectivity index (χ0n) is 13.2. The first-order chi connectivity index (χ1) is 10.3. The molecule has 1 aliphatic carbocycles. The summed E-state index contributed by atoms with van der Waals surface area (Å²) in [7, 11) is 0. The zero-order valence-corrected chi connectivity index (χ0v) is 13.9. The molecule has 0 atom stereocenters. The Morgan fingerprint density at radius 2 is 2.00 bits per heavy atom. The number of aromatic nitrogens is 2. The summed E-state index contributed by atoms with van der Waals surface area (Å²) in [5, 5.41) is 8.41. The van der Waals surface area contributed by atoms with Gasteiger partial charge < -0.3 is 9.64 Å². The lowest BCUT2D eigenvalue weighted by Gasteiger charge is -2.42. The number of rotatable bonds is 1. The van der Waals surface area contributed by atoms with Crippen molar-refractivity contribution in [1.82, 2.24) is 15.1 Å². The maximum atomic E-state index is 12.4. The van der Waals surface area contributed by atoms with Gasteiger partial charge in [-0.1, -0.05) is 11.6 Å². The number of amides is 1. The van der Waals surface area contributed by atoms with Crippen molar-refractivity contribution < 1.29 is 9.53 Å². The van der Waals surface area contributed by atoms with Crippen LogP contribution in [0.15, 0.2) is 12.1 Å². The molecular formula is C15H21ClN4O2. The molecule has 1 aromatic heterocycles. The Labute approximate surface area is 135 Å². The topological polar surface area (TPSA) is 58.6 Å². The maximum Gasteiger partial charge on any atom is 0.410 e. The van der Waals surface area contributed by atoms with E-state index in [9.17, 15) is 4.79 Å². The van der Waals surface area contributed by atoms with E-state index in [0.717, 1.165) is 31.7 Å². The van der Waals surface area contributed by atoms with Crippen molar-refractivity contribution in [3.8, 4) is 0 Å². The second kappa shape index (κ2) is 5.26. The van der Waals surface area contributed by atoms with E-state index in [1.54, 1.807) is 6.07 Å². The quantitative estimate of drug-likeness (QED) is 0.795. The van der Waals surface area contributed by atoms with Crippen LogP contribution in [-0.4, -0.2) is 52.0 Å². The lowest BCUT2D eigenvalue weighted by molar-refractivity contribution is 0.0106. The summed E-state index contributed by atoms with van der Waals surface area (Å²) in [5.74, 6) is 0.805. The van der Waals surface area contributed by atoms with E-state index in [4.69, 9.17) is 16.3 Å². The first-order valence-corrected chi connectivity index (χ1v) is 7.92. The lowest BCUT2D eigenvalue weighted by Crippen LogP contribution is -2.58. The Bertz CT molecular complexity index is 566. The number of carbonyl (C=O) groups is 1. The fourth-order valence-corrected chi connectivity index (χ4v) is 2.93. The minimum atomic E-state index is -0.466. The first kappa shape index (κ1) is 15.3. The van der Waals surface area contributed by atoms with Gasteiger partial charge in [-0.25, -0.2) is 4.79 Å². The number of hydrogen-bond donors (Lipinski definition) is 0. The number of carbonyl (C=O) groups excluding carboxylic acids is 1. The SMILES string of the molecule is CC(C)(C)OC(=O)N1CCN(c2ccc(Cl)nn2)CC12CC2. The molecule has 3 rings (SSSR count). The number of nitrogens with zero attached hydrogens (tertiary/aromatic N) is 4. The molecule has 120 valence electrons. The number of piperazine rings is 1. The second-order valence-electron chi connectivity index (χ2n) is 6.99. The number of hydrogen-bond acceptors (Lipinski definition) is 5. The van der Waals surface area contributed by atoms with Gasteiger partial charge in [0.2, 0.25) is 0 Å².